The van der Waals surface area contributed by atoms with Crippen LogP contribution < -0.4 is 14.8 Å². The van der Waals surface area contributed by atoms with E-state index in [1.165, 1.54) is 14.2 Å². The molecule has 1 aromatic heterocycles. The number of aryl methyl sites for hydroxylation is 2. The minimum Gasteiger partial charge on any atom is -0.495 e. The van der Waals surface area contributed by atoms with E-state index in [1.54, 1.807) is 12.1 Å². The molecule has 0 saturated carbocycles. The summed E-state index contributed by atoms with van der Waals surface area (Å²) >= 11 is 6.04. The first-order chi connectivity index (χ1) is 10.5. The van der Waals surface area contributed by atoms with Gasteiger partial charge in [-0.05, 0) is 13.8 Å². The van der Waals surface area contributed by atoms with Crippen LogP contribution in [0.5, 0.6) is 11.5 Å². The molecule has 0 aliphatic carbocycles. The molecule has 0 saturated heterocycles. The Bertz CT molecular complexity index is 678. The van der Waals surface area contributed by atoms with Crippen LogP contribution in [0.2, 0.25) is 5.02 Å². The Balaban J connectivity index is 2.21. The summed E-state index contributed by atoms with van der Waals surface area (Å²) in [6.07, 6.45) is 0.224. The fourth-order valence-corrected chi connectivity index (χ4v) is 2.38. The first kappa shape index (κ1) is 16.2. The Morgan fingerprint density at radius 1 is 1.27 bits per heavy atom. The second-order valence-corrected chi connectivity index (χ2v) is 5.23. The van der Waals surface area contributed by atoms with Crippen LogP contribution in [-0.4, -0.2) is 30.3 Å². The van der Waals surface area contributed by atoms with Gasteiger partial charge in [0.15, 0.2) is 0 Å². The quantitative estimate of drug-likeness (QED) is 0.887. The van der Waals surface area contributed by atoms with Crippen molar-refractivity contribution in [3.63, 3.8) is 0 Å². The molecule has 0 radical (unpaired) electrons. The maximum atomic E-state index is 12.3. The molecule has 1 amide bonds. The van der Waals surface area contributed by atoms with Crippen molar-refractivity contribution in [2.75, 3.05) is 19.5 Å². The molecule has 6 nitrogen and oxygen atoms in total. The van der Waals surface area contributed by atoms with Crippen LogP contribution in [0.1, 0.15) is 17.0 Å². The third kappa shape index (κ3) is 3.33. The van der Waals surface area contributed by atoms with Gasteiger partial charge in [0.25, 0.3) is 0 Å². The molecule has 0 aliphatic heterocycles. The number of carbonyl (C=O) groups is 1. The number of nitrogens with zero attached hydrogens (tertiary/aromatic N) is 1. The number of nitrogens with one attached hydrogen (secondary N) is 2. The zero-order valence-electron chi connectivity index (χ0n) is 12.9. The summed E-state index contributed by atoms with van der Waals surface area (Å²) in [7, 11) is 3.02. The molecule has 0 aliphatic rings. The number of rotatable bonds is 5. The highest BCUT2D eigenvalue weighted by molar-refractivity contribution is 6.32. The van der Waals surface area contributed by atoms with Crippen LogP contribution in [-0.2, 0) is 11.2 Å². The first-order valence-corrected chi connectivity index (χ1v) is 7.05. The highest BCUT2D eigenvalue weighted by atomic mass is 35.5. The molecule has 0 unspecified atom stereocenters. The molecule has 0 fully saturated rings. The Labute approximate surface area is 133 Å². The molecule has 22 heavy (non-hydrogen) atoms. The summed E-state index contributed by atoms with van der Waals surface area (Å²) in [6, 6.07) is 3.23. The van der Waals surface area contributed by atoms with E-state index in [1.807, 2.05) is 13.8 Å². The predicted molar refractivity (Wildman–Crippen MR) is 85.0 cm³/mol. The lowest BCUT2D eigenvalue weighted by molar-refractivity contribution is -0.115. The smallest absolute Gasteiger partial charge is 0.229 e. The van der Waals surface area contributed by atoms with Gasteiger partial charge >= 0.3 is 0 Å². The summed E-state index contributed by atoms with van der Waals surface area (Å²) in [5, 5.41) is 10.2. The number of amides is 1. The first-order valence-electron chi connectivity index (χ1n) is 6.68. The third-order valence-corrected chi connectivity index (χ3v) is 3.66. The monoisotopic (exact) mass is 323 g/mol. The Morgan fingerprint density at radius 3 is 2.50 bits per heavy atom. The molecule has 0 atom stereocenters. The summed E-state index contributed by atoms with van der Waals surface area (Å²) in [5.41, 5.74) is 3.09. The lowest BCUT2D eigenvalue weighted by Gasteiger charge is -2.13. The summed E-state index contributed by atoms with van der Waals surface area (Å²) < 4.78 is 10.4. The zero-order chi connectivity index (χ0) is 16.3. The molecule has 2 aromatic rings. The van der Waals surface area contributed by atoms with Crippen molar-refractivity contribution in [2.45, 2.75) is 20.3 Å². The van der Waals surface area contributed by atoms with Gasteiger partial charge in [0, 0.05) is 23.4 Å². The number of H-pyrrole nitrogens is 1. The number of benzene rings is 1. The average molecular weight is 324 g/mol. The van der Waals surface area contributed by atoms with Crippen molar-refractivity contribution in [2.24, 2.45) is 0 Å². The number of carbonyl (C=O) groups excluding carboxylic acids is 1. The van der Waals surface area contributed by atoms with E-state index in [0.29, 0.717) is 22.2 Å². The molecule has 2 N–H and O–H groups in total. The fourth-order valence-electron chi connectivity index (χ4n) is 2.15. The summed E-state index contributed by atoms with van der Waals surface area (Å²) in [6.45, 7) is 3.74. The molecule has 0 bridgehead atoms. The van der Waals surface area contributed by atoms with Crippen LogP contribution in [0, 0.1) is 13.8 Å². The SMILES string of the molecule is COc1cc(NC(=O)Cc2c(C)n[nH]c2C)c(OC)cc1Cl. The van der Waals surface area contributed by atoms with Gasteiger partial charge in [0.05, 0.1) is 37.0 Å². The highest BCUT2D eigenvalue weighted by Gasteiger charge is 2.15. The molecular formula is C15H18ClN3O3. The molecule has 2 rings (SSSR count). The molecular weight excluding hydrogens is 306 g/mol. The molecule has 1 aromatic carbocycles. The van der Waals surface area contributed by atoms with Gasteiger partial charge in [-0.25, -0.2) is 0 Å². The van der Waals surface area contributed by atoms with Gasteiger partial charge in [-0.3, -0.25) is 9.89 Å². The van der Waals surface area contributed by atoms with E-state index >= 15 is 0 Å². The minimum atomic E-state index is -0.171. The van der Waals surface area contributed by atoms with Gasteiger partial charge < -0.3 is 14.8 Å². The fraction of sp³-hybridized carbons (Fsp3) is 0.333. The lowest BCUT2D eigenvalue weighted by Crippen LogP contribution is -2.16. The summed E-state index contributed by atoms with van der Waals surface area (Å²) in [4.78, 5) is 12.3. The topological polar surface area (TPSA) is 76.2 Å². The van der Waals surface area contributed by atoms with E-state index in [9.17, 15) is 4.79 Å². The molecule has 7 heteroatoms. The van der Waals surface area contributed by atoms with E-state index in [-0.39, 0.29) is 12.3 Å². The number of hydrogen-bond acceptors (Lipinski definition) is 4. The van der Waals surface area contributed by atoms with Crippen LogP contribution in [0.3, 0.4) is 0 Å². The number of halogens is 1. The van der Waals surface area contributed by atoms with Crippen molar-refractivity contribution >= 4 is 23.2 Å². The van der Waals surface area contributed by atoms with Gasteiger partial charge in [0.2, 0.25) is 5.91 Å². The van der Waals surface area contributed by atoms with Crippen LogP contribution >= 0.6 is 11.6 Å². The van der Waals surface area contributed by atoms with Crippen LogP contribution in [0.25, 0.3) is 0 Å². The number of methoxy groups -OCH3 is 2. The zero-order valence-corrected chi connectivity index (χ0v) is 13.7. The minimum absolute atomic E-state index is 0.171. The van der Waals surface area contributed by atoms with Crippen molar-refractivity contribution in [3.8, 4) is 11.5 Å². The Morgan fingerprint density at radius 2 is 1.95 bits per heavy atom. The van der Waals surface area contributed by atoms with Crippen molar-refractivity contribution < 1.29 is 14.3 Å². The number of aromatic nitrogens is 2. The standard InChI is InChI=1S/C15H18ClN3O3/c1-8-10(9(2)19-18-8)5-15(20)17-12-7-13(21-3)11(16)6-14(12)22-4/h6-7H,5H2,1-4H3,(H,17,20)(H,18,19). The summed E-state index contributed by atoms with van der Waals surface area (Å²) in [5.74, 6) is 0.767. The molecule has 1 heterocycles. The van der Waals surface area contributed by atoms with Crippen LogP contribution in [0.15, 0.2) is 12.1 Å². The molecule has 118 valence electrons. The van der Waals surface area contributed by atoms with E-state index in [4.69, 9.17) is 21.1 Å². The van der Waals surface area contributed by atoms with Crippen molar-refractivity contribution in [1.82, 2.24) is 10.2 Å². The highest BCUT2D eigenvalue weighted by Crippen LogP contribution is 2.35. The average Bonchev–Trinajstić information content (AvgIpc) is 2.80. The third-order valence-electron chi connectivity index (χ3n) is 3.37. The van der Waals surface area contributed by atoms with E-state index in [2.05, 4.69) is 15.5 Å². The Kier molecular flexibility index (Phi) is 4.92. The number of hydrogen-bond donors (Lipinski definition) is 2. The second-order valence-electron chi connectivity index (χ2n) is 4.82. The van der Waals surface area contributed by atoms with Gasteiger partial charge in [-0.1, -0.05) is 11.6 Å². The van der Waals surface area contributed by atoms with Crippen molar-refractivity contribution in [3.05, 3.63) is 34.1 Å². The lowest BCUT2D eigenvalue weighted by atomic mass is 10.1. The molecule has 0 spiro atoms. The number of anilines is 1. The second kappa shape index (κ2) is 6.70. The largest absolute Gasteiger partial charge is 0.495 e. The van der Waals surface area contributed by atoms with Gasteiger partial charge in [-0.2, -0.15) is 5.10 Å². The maximum absolute atomic E-state index is 12.3. The normalized spacial score (nSPS) is 10.4. The van der Waals surface area contributed by atoms with Crippen LogP contribution in [0.4, 0.5) is 5.69 Å². The number of aromatic amines is 1. The van der Waals surface area contributed by atoms with Gasteiger partial charge in [-0.15, -0.1) is 0 Å². The predicted octanol–water partition coefficient (Wildman–Crippen LogP) is 2.88. The van der Waals surface area contributed by atoms with Crippen molar-refractivity contribution in [1.29, 1.82) is 0 Å². The van der Waals surface area contributed by atoms with E-state index < -0.39 is 0 Å². The maximum Gasteiger partial charge on any atom is 0.229 e. The Hall–Kier alpha value is -2.21. The number of ether oxygens (including phenoxy) is 2. The van der Waals surface area contributed by atoms with Gasteiger partial charge in [0.1, 0.15) is 11.5 Å². The van der Waals surface area contributed by atoms with E-state index in [0.717, 1.165) is 17.0 Å².